The number of ketones is 1. The van der Waals surface area contributed by atoms with Crippen LogP contribution in [0.2, 0.25) is 0 Å². The Morgan fingerprint density at radius 2 is 1.78 bits per heavy atom. The van der Waals surface area contributed by atoms with Gasteiger partial charge in [-0.3, -0.25) is 9.59 Å². The smallest absolute Gasteiger partial charge is 0.225 e. The molecule has 0 saturated carbocycles. The lowest BCUT2D eigenvalue weighted by Gasteiger charge is -2.34. The average molecular weight is 363 g/mol. The molecule has 0 fully saturated rings. The zero-order valence-corrected chi connectivity index (χ0v) is 15.1. The summed E-state index contributed by atoms with van der Waals surface area (Å²) in [6.45, 7) is 0. The molecule has 2 aromatic rings. The maximum atomic E-state index is 13.0. The molecule has 0 aromatic heterocycles. The topological polar surface area (TPSA) is 75.6 Å². The van der Waals surface area contributed by atoms with Crippen LogP contribution in [0.1, 0.15) is 42.2 Å². The first-order valence-corrected chi connectivity index (χ1v) is 9.04. The minimum atomic E-state index is -0.338. The van der Waals surface area contributed by atoms with Gasteiger partial charge in [-0.15, -0.1) is 0 Å². The van der Waals surface area contributed by atoms with Crippen molar-refractivity contribution in [2.45, 2.75) is 31.1 Å². The Bertz CT molecular complexity index is 933. The summed E-state index contributed by atoms with van der Waals surface area (Å²) in [4.78, 5) is 25.3. The van der Waals surface area contributed by atoms with Crippen LogP contribution in [0.5, 0.6) is 11.5 Å². The average Bonchev–Trinajstić information content (AvgIpc) is 2.67. The second-order valence-electron chi connectivity index (χ2n) is 7.07. The molecular weight excluding hydrogens is 342 g/mol. The van der Waals surface area contributed by atoms with E-state index in [2.05, 4.69) is 5.32 Å². The molecule has 0 radical (unpaired) electrons. The predicted molar refractivity (Wildman–Crippen MR) is 101 cm³/mol. The van der Waals surface area contributed by atoms with Crippen LogP contribution >= 0.6 is 0 Å². The molecule has 1 heterocycles. The van der Waals surface area contributed by atoms with Crippen LogP contribution in [0, 0.1) is 0 Å². The summed E-state index contributed by atoms with van der Waals surface area (Å²) in [7, 11) is 1.48. The number of benzene rings is 2. The van der Waals surface area contributed by atoms with Crippen LogP contribution in [0.15, 0.2) is 59.8 Å². The van der Waals surface area contributed by atoms with Crippen molar-refractivity contribution in [2.75, 3.05) is 7.11 Å². The maximum Gasteiger partial charge on any atom is 0.225 e. The van der Waals surface area contributed by atoms with E-state index in [1.54, 1.807) is 12.1 Å². The normalized spacial score (nSPS) is 22.3. The lowest BCUT2D eigenvalue weighted by Crippen LogP contribution is -2.38. The van der Waals surface area contributed by atoms with Gasteiger partial charge >= 0.3 is 0 Å². The second kappa shape index (κ2) is 6.91. The number of carbonyl (C=O) groups is 2. The molecule has 5 nitrogen and oxygen atoms in total. The van der Waals surface area contributed by atoms with Crippen molar-refractivity contribution >= 4 is 11.7 Å². The molecule has 0 bridgehead atoms. The fourth-order valence-corrected chi connectivity index (χ4v) is 4.13. The summed E-state index contributed by atoms with van der Waals surface area (Å²) >= 11 is 0. The van der Waals surface area contributed by atoms with Crippen molar-refractivity contribution < 1.29 is 19.4 Å². The second-order valence-corrected chi connectivity index (χ2v) is 7.07. The highest BCUT2D eigenvalue weighted by Gasteiger charge is 2.38. The van der Waals surface area contributed by atoms with Crippen molar-refractivity contribution in [3.05, 3.63) is 70.9 Å². The molecule has 2 aliphatic rings. The summed E-state index contributed by atoms with van der Waals surface area (Å²) in [5.41, 5.74) is 3.25. The van der Waals surface area contributed by atoms with E-state index in [0.29, 0.717) is 24.2 Å². The molecule has 1 aliphatic heterocycles. The van der Waals surface area contributed by atoms with Crippen LogP contribution in [-0.2, 0) is 9.59 Å². The third-order valence-electron chi connectivity index (χ3n) is 5.41. The predicted octanol–water partition coefficient (Wildman–Crippen LogP) is 3.41. The zero-order valence-electron chi connectivity index (χ0n) is 15.1. The van der Waals surface area contributed by atoms with Gasteiger partial charge < -0.3 is 15.2 Å². The number of rotatable bonds is 3. The molecule has 2 aromatic carbocycles. The Morgan fingerprint density at radius 3 is 2.48 bits per heavy atom. The van der Waals surface area contributed by atoms with Crippen LogP contribution in [0.25, 0.3) is 0 Å². The molecular formula is C22H21NO4. The summed E-state index contributed by atoms with van der Waals surface area (Å²) in [6, 6.07) is 15.0. The highest BCUT2D eigenvalue weighted by Crippen LogP contribution is 2.43. The van der Waals surface area contributed by atoms with E-state index in [-0.39, 0.29) is 35.7 Å². The van der Waals surface area contributed by atoms with E-state index >= 15 is 0 Å². The standard InChI is InChI=1S/C22H21NO4/c1-27-20-8-7-14(10-18(20)24)16-12-21(26)23-17-9-15(11-19(25)22(16)17)13-5-3-2-4-6-13/h2-8,10,15-16,24H,9,11-12H2,1H3,(H,23,26). The monoisotopic (exact) mass is 363 g/mol. The van der Waals surface area contributed by atoms with E-state index in [9.17, 15) is 14.7 Å². The van der Waals surface area contributed by atoms with Crippen molar-refractivity contribution in [1.82, 2.24) is 5.32 Å². The van der Waals surface area contributed by atoms with E-state index in [0.717, 1.165) is 16.8 Å². The van der Waals surface area contributed by atoms with Crippen LogP contribution < -0.4 is 10.1 Å². The molecule has 5 heteroatoms. The van der Waals surface area contributed by atoms with Crippen molar-refractivity contribution in [2.24, 2.45) is 0 Å². The van der Waals surface area contributed by atoms with Crippen LogP contribution in [0.4, 0.5) is 0 Å². The number of methoxy groups -OCH3 is 1. The summed E-state index contributed by atoms with van der Waals surface area (Å²) in [5.74, 6) is 0.0670. The highest BCUT2D eigenvalue weighted by atomic mass is 16.5. The molecule has 2 atom stereocenters. The number of phenols is 1. The minimum absolute atomic E-state index is 0.00792. The van der Waals surface area contributed by atoms with Gasteiger partial charge in [-0.2, -0.15) is 0 Å². The fourth-order valence-electron chi connectivity index (χ4n) is 4.13. The molecule has 0 spiro atoms. The van der Waals surface area contributed by atoms with Gasteiger partial charge in [0.25, 0.3) is 0 Å². The third-order valence-corrected chi connectivity index (χ3v) is 5.41. The number of hydrogen-bond donors (Lipinski definition) is 2. The van der Waals surface area contributed by atoms with Gasteiger partial charge in [0.2, 0.25) is 5.91 Å². The Labute approximate surface area is 157 Å². The quantitative estimate of drug-likeness (QED) is 0.876. The number of carbonyl (C=O) groups excluding carboxylic acids is 2. The number of hydrogen-bond acceptors (Lipinski definition) is 4. The Kier molecular flexibility index (Phi) is 4.44. The number of phenolic OH excluding ortho intramolecular Hbond substituents is 1. The Morgan fingerprint density at radius 1 is 1.00 bits per heavy atom. The Balaban J connectivity index is 1.72. The van der Waals surface area contributed by atoms with E-state index in [4.69, 9.17) is 4.74 Å². The van der Waals surface area contributed by atoms with Gasteiger partial charge in [0.15, 0.2) is 17.3 Å². The van der Waals surface area contributed by atoms with Gasteiger partial charge in [-0.1, -0.05) is 36.4 Å². The molecule has 0 saturated heterocycles. The Hall–Kier alpha value is -3.08. The highest BCUT2D eigenvalue weighted by molar-refractivity contribution is 6.02. The third kappa shape index (κ3) is 3.21. The first kappa shape index (κ1) is 17.3. The number of nitrogens with one attached hydrogen (secondary N) is 1. The lowest BCUT2D eigenvalue weighted by atomic mass is 9.73. The van der Waals surface area contributed by atoms with Gasteiger partial charge in [0.05, 0.1) is 7.11 Å². The van der Waals surface area contributed by atoms with Gasteiger partial charge in [-0.05, 0) is 35.6 Å². The van der Waals surface area contributed by atoms with Gasteiger partial charge in [-0.25, -0.2) is 0 Å². The summed E-state index contributed by atoms with van der Waals surface area (Å²) in [5, 5.41) is 13.0. The molecule has 2 N–H and O–H groups in total. The number of ether oxygens (including phenoxy) is 1. The molecule has 138 valence electrons. The first-order valence-electron chi connectivity index (χ1n) is 9.04. The van der Waals surface area contributed by atoms with Crippen molar-refractivity contribution in [3.8, 4) is 11.5 Å². The minimum Gasteiger partial charge on any atom is -0.504 e. The lowest BCUT2D eigenvalue weighted by molar-refractivity contribution is -0.122. The maximum absolute atomic E-state index is 13.0. The van der Waals surface area contributed by atoms with Crippen molar-refractivity contribution in [1.29, 1.82) is 0 Å². The summed E-state index contributed by atoms with van der Waals surface area (Å²) in [6.07, 6.45) is 1.26. The van der Waals surface area contributed by atoms with Crippen LogP contribution in [0.3, 0.4) is 0 Å². The number of Topliss-reactive ketones (excluding diaryl/α,β-unsaturated/α-hetero) is 1. The molecule has 4 rings (SSSR count). The molecule has 1 amide bonds. The van der Waals surface area contributed by atoms with Crippen molar-refractivity contribution in [3.63, 3.8) is 0 Å². The van der Waals surface area contributed by atoms with Crippen LogP contribution in [-0.4, -0.2) is 23.9 Å². The van der Waals surface area contributed by atoms with E-state index < -0.39 is 0 Å². The number of aromatic hydroxyl groups is 1. The first-order chi connectivity index (χ1) is 13.1. The fraction of sp³-hybridized carbons (Fsp3) is 0.273. The largest absolute Gasteiger partial charge is 0.504 e. The number of allylic oxidation sites excluding steroid dienone is 2. The SMILES string of the molecule is COc1ccc(C2CC(=O)NC3=C2C(=O)CC(c2ccccc2)C3)cc1O. The number of amides is 1. The molecule has 1 aliphatic carbocycles. The van der Waals surface area contributed by atoms with E-state index in [1.807, 2.05) is 36.4 Å². The molecule has 27 heavy (non-hydrogen) atoms. The van der Waals surface area contributed by atoms with E-state index in [1.165, 1.54) is 7.11 Å². The van der Waals surface area contributed by atoms with Gasteiger partial charge in [0, 0.05) is 30.0 Å². The summed E-state index contributed by atoms with van der Waals surface area (Å²) < 4.78 is 5.09. The zero-order chi connectivity index (χ0) is 19.0. The van der Waals surface area contributed by atoms with Gasteiger partial charge in [0.1, 0.15) is 0 Å². The molecule has 2 unspecified atom stereocenters.